The van der Waals surface area contributed by atoms with E-state index in [1.54, 1.807) is 24.4 Å². The number of anilines is 5. The first-order valence-corrected chi connectivity index (χ1v) is 11.6. The highest BCUT2D eigenvalue weighted by atomic mass is 16.1. The lowest BCUT2D eigenvalue weighted by molar-refractivity contribution is -0.111. The molecule has 5 rings (SSSR count). The Labute approximate surface area is 209 Å². The second-order valence-electron chi connectivity index (χ2n) is 8.63. The highest BCUT2D eigenvalue weighted by Crippen LogP contribution is 2.30. The largest absolute Gasteiger partial charge is 0.383 e. The molecule has 0 saturated carbocycles. The van der Waals surface area contributed by atoms with E-state index in [9.17, 15) is 4.79 Å². The number of nitrogen functional groups attached to an aromatic ring is 1. The van der Waals surface area contributed by atoms with E-state index in [4.69, 9.17) is 17.1 Å². The molecule has 9 heteroatoms. The predicted molar refractivity (Wildman–Crippen MR) is 144 cm³/mol. The van der Waals surface area contributed by atoms with Gasteiger partial charge in [-0.3, -0.25) is 9.78 Å². The average Bonchev–Trinajstić information content (AvgIpc) is 2.89. The van der Waals surface area contributed by atoms with Crippen LogP contribution in [0.15, 0.2) is 60.8 Å². The van der Waals surface area contributed by atoms with Gasteiger partial charge in [-0.25, -0.2) is 4.98 Å². The molecule has 36 heavy (non-hydrogen) atoms. The Hall–Kier alpha value is -4.68. The van der Waals surface area contributed by atoms with Crippen LogP contribution in [0.1, 0.15) is 0 Å². The van der Waals surface area contributed by atoms with Gasteiger partial charge in [-0.1, -0.05) is 12.1 Å². The van der Waals surface area contributed by atoms with Crippen molar-refractivity contribution in [1.82, 2.24) is 19.9 Å². The molecule has 0 radical (unpaired) electrons. The monoisotopic (exact) mass is 478 g/mol. The van der Waals surface area contributed by atoms with Gasteiger partial charge in [0.15, 0.2) is 0 Å². The number of nitrogens with zero attached hydrogens (tertiary/aromatic N) is 5. The molecule has 180 valence electrons. The van der Waals surface area contributed by atoms with Gasteiger partial charge in [-0.15, -0.1) is 6.42 Å². The van der Waals surface area contributed by atoms with Crippen LogP contribution in [0.25, 0.3) is 22.2 Å². The normalized spacial score (nSPS) is 13.8. The summed E-state index contributed by atoms with van der Waals surface area (Å²) in [4.78, 5) is 30.1. The summed E-state index contributed by atoms with van der Waals surface area (Å²) in [5.41, 5.74) is 10.9. The van der Waals surface area contributed by atoms with E-state index in [2.05, 4.69) is 49.6 Å². The van der Waals surface area contributed by atoms with E-state index in [1.165, 1.54) is 5.69 Å². The molecule has 0 bridgehead atoms. The zero-order chi connectivity index (χ0) is 25.1. The maximum absolute atomic E-state index is 11.6. The summed E-state index contributed by atoms with van der Waals surface area (Å²) in [6.45, 7) is 4.13. The van der Waals surface area contributed by atoms with Crippen LogP contribution in [-0.4, -0.2) is 59.0 Å². The van der Waals surface area contributed by atoms with Gasteiger partial charge >= 0.3 is 0 Å². The zero-order valence-electron chi connectivity index (χ0n) is 19.9. The van der Waals surface area contributed by atoms with Crippen molar-refractivity contribution in [2.75, 3.05) is 54.5 Å². The zero-order valence-corrected chi connectivity index (χ0v) is 19.9. The average molecular weight is 479 g/mol. The van der Waals surface area contributed by atoms with Gasteiger partial charge in [0.25, 0.3) is 5.91 Å². The summed E-state index contributed by atoms with van der Waals surface area (Å²) in [5.74, 6) is 2.25. The molecular formula is C27H26N8O. The van der Waals surface area contributed by atoms with E-state index in [-0.39, 0.29) is 0 Å². The van der Waals surface area contributed by atoms with Gasteiger partial charge in [0.05, 0.1) is 5.69 Å². The van der Waals surface area contributed by atoms with Crippen molar-refractivity contribution in [3.63, 3.8) is 0 Å². The van der Waals surface area contributed by atoms with E-state index >= 15 is 0 Å². The first-order valence-electron chi connectivity index (χ1n) is 11.6. The van der Waals surface area contributed by atoms with E-state index in [1.807, 2.05) is 30.2 Å². The number of likely N-dealkylation sites (N-methyl/N-ethyl adjacent to an activating group) is 1. The molecule has 1 aliphatic heterocycles. The van der Waals surface area contributed by atoms with Crippen molar-refractivity contribution < 1.29 is 4.79 Å². The molecule has 1 amide bonds. The standard InChI is InChI=1S/C27H26N8O/c1-3-23(36)30-20-6-4-5-18(17-20)24-25-22(11-12-29-24)26(28)33-27(32-25)31-19-7-9-21(10-8-19)35-15-13-34(2)14-16-35/h1,4-12,17H,13-16H2,2H3,(H,30,36)(H3,28,31,32,33). The van der Waals surface area contributed by atoms with E-state index in [0.29, 0.717) is 34.1 Å². The number of hydrogen-bond donors (Lipinski definition) is 3. The van der Waals surface area contributed by atoms with Gasteiger partial charge in [0, 0.05) is 60.4 Å². The summed E-state index contributed by atoms with van der Waals surface area (Å²) in [6.07, 6.45) is 6.84. The molecule has 0 atom stereocenters. The Bertz CT molecular complexity index is 1450. The van der Waals surface area contributed by atoms with Crippen LogP contribution in [0.5, 0.6) is 0 Å². The van der Waals surface area contributed by atoms with Gasteiger partial charge in [0.2, 0.25) is 5.95 Å². The number of piperazine rings is 1. The van der Waals surface area contributed by atoms with Gasteiger partial charge < -0.3 is 26.2 Å². The Morgan fingerprint density at radius 3 is 2.56 bits per heavy atom. The predicted octanol–water partition coefficient (Wildman–Crippen LogP) is 3.34. The third kappa shape index (κ3) is 4.89. The topological polar surface area (TPSA) is 112 Å². The van der Waals surface area contributed by atoms with Crippen LogP contribution in [0.2, 0.25) is 0 Å². The minimum Gasteiger partial charge on any atom is -0.383 e. The van der Waals surface area contributed by atoms with Gasteiger partial charge in [0.1, 0.15) is 11.3 Å². The number of terminal acetylenes is 1. The molecule has 3 heterocycles. The minimum atomic E-state index is -0.519. The Kier molecular flexibility index (Phi) is 6.34. The number of pyridine rings is 1. The molecule has 9 nitrogen and oxygen atoms in total. The number of hydrogen-bond acceptors (Lipinski definition) is 8. The lowest BCUT2D eigenvalue weighted by atomic mass is 10.1. The second-order valence-corrected chi connectivity index (χ2v) is 8.63. The fourth-order valence-corrected chi connectivity index (χ4v) is 4.21. The fraction of sp³-hybridized carbons (Fsp3) is 0.185. The van der Waals surface area contributed by atoms with Crippen LogP contribution >= 0.6 is 0 Å². The second kappa shape index (κ2) is 9.90. The highest BCUT2D eigenvalue weighted by Gasteiger charge is 2.15. The first-order chi connectivity index (χ1) is 17.5. The summed E-state index contributed by atoms with van der Waals surface area (Å²) in [5, 5.41) is 6.61. The number of nitrogens with two attached hydrogens (primary N) is 1. The molecule has 0 spiro atoms. The summed E-state index contributed by atoms with van der Waals surface area (Å²) in [7, 11) is 2.15. The number of nitrogens with one attached hydrogen (secondary N) is 2. The SMILES string of the molecule is C#CC(=O)Nc1cccc(-c2nccc3c(N)nc(Nc4ccc(N5CCN(C)CC5)cc4)nc23)c1. The van der Waals surface area contributed by atoms with Crippen LogP contribution in [0, 0.1) is 12.3 Å². The summed E-state index contributed by atoms with van der Waals surface area (Å²) in [6, 6.07) is 17.3. The number of benzene rings is 2. The molecule has 1 aliphatic rings. The molecule has 0 unspecified atom stereocenters. The number of carbonyl (C=O) groups is 1. The summed E-state index contributed by atoms with van der Waals surface area (Å²) >= 11 is 0. The summed E-state index contributed by atoms with van der Waals surface area (Å²) < 4.78 is 0. The Morgan fingerprint density at radius 2 is 1.81 bits per heavy atom. The molecule has 2 aromatic heterocycles. The maximum atomic E-state index is 11.6. The van der Waals surface area contributed by atoms with E-state index < -0.39 is 5.91 Å². The van der Waals surface area contributed by atoms with Crippen LogP contribution in [-0.2, 0) is 4.79 Å². The van der Waals surface area contributed by atoms with Crippen molar-refractivity contribution in [3.05, 3.63) is 60.8 Å². The lowest BCUT2D eigenvalue weighted by Crippen LogP contribution is -2.44. The molecule has 4 aromatic rings. The van der Waals surface area contributed by atoms with Crippen LogP contribution in [0.3, 0.4) is 0 Å². The van der Waals surface area contributed by atoms with E-state index in [0.717, 1.165) is 37.4 Å². The van der Waals surface area contributed by atoms with Gasteiger partial charge in [-0.05, 0) is 55.4 Å². The number of amides is 1. The first kappa shape index (κ1) is 23.1. The van der Waals surface area contributed by atoms with Crippen LogP contribution in [0.4, 0.5) is 28.8 Å². The lowest BCUT2D eigenvalue weighted by Gasteiger charge is -2.34. The van der Waals surface area contributed by atoms with Gasteiger partial charge in [-0.2, -0.15) is 4.98 Å². The molecule has 2 aromatic carbocycles. The van der Waals surface area contributed by atoms with Crippen LogP contribution < -0.4 is 21.3 Å². The van der Waals surface area contributed by atoms with Crippen molar-refractivity contribution >= 4 is 45.6 Å². The third-order valence-electron chi connectivity index (χ3n) is 6.16. The quantitative estimate of drug-likeness (QED) is 0.375. The Balaban J connectivity index is 1.43. The van der Waals surface area contributed by atoms with Crippen molar-refractivity contribution in [3.8, 4) is 23.6 Å². The highest BCUT2D eigenvalue weighted by molar-refractivity contribution is 6.04. The van der Waals surface area contributed by atoms with Crippen molar-refractivity contribution in [1.29, 1.82) is 0 Å². The minimum absolute atomic E-state index is 0.344. The number of aromatic nitrogens is 3. The number of carbonyl (C=O) groups excluding carboxylic acids is 1. The fourth-order valence-electron chi connectivity index (χ4n) is 4.21. The molecular weight excluding hydrogens is 452 g/mol. The smallest absolute Gasteiger partial charge is 0.300 e. The molecule has 1 fully saturated rings. The third-order valence-corrected chi connectivity index (χ3v) is 6.16. The molecule has 0 aliphatic carbocycles. The number of rotatable bonds is 5. The molecule has 1 saturated heterocycles. The maximum Gasteiger partial charge on any atom is 0.300 e. The van der Waals surface area contributed by atoms with Crippen molar-refractivity contribution in [2.24, 2.45) is 0 Å². The molecule has 4 N–H and O–H groups in total. The number of fused-ring (bicyclic) bond motifs is 1. The van der Waals surface area contributed by atoms with Crippen molar-refractivity contribution in [2.45, 2.75) is 0 Å². The Morgan fingerprint density at radius 1 is 1.03 bits per heavy atom.